The maximum Gasteiger partial charge on any atom is 0.227 e. The number of hydrogen-bond acceptors (Lipinski definition) is 5. The highest BCUT2D eigenvalue weighted by molar-refractivity contribution is 7.90. The molecule has 30 heavy (non-hydrogen) atoms. The first-order valence-corrected chi connectivity index (χ1v) is 11.0. The smallest absolute Gasteiger partial charge is 0.227 e. The van der Waals surface area contributed by atoms with Crippen molar-refractivity contribution < 1.29 is 22.0 Å². The Bertz CT molecular complexity index is 1370. The summed E-state index contributed by atoms with van der Waals surface area (Å²) in [4.78, 5) is 12.5. The van der Waals surface area contributed by atoms with Crippen molar-refractivity contribution in [2.45, 2.75) is 18.0 Å². The number of nitrogens with zero attached hydrogens (tertiary/aromatic N) is 1. The summed E-state index contributed by atoms with van der Waals surface area (Å²) in [6.45, 7) is 0.418. The number of fused-ring (bicyclic) bond motifs is 1. The van der Waals surface area contributed by atoms with Gasteiger partial charge >= 0.3 is 0 Å². The van der Waals surface area contributed by atoms with Gasteiger partial charge in [-0.3, -0.25) is 4.79 Å². The molecule has 0 N–H and O–H groups in total. The molecule has 0 aliphatic rings. The van der Waals surface area contributed by atoms with E-state index in [-0.39, 0.29) is 28.5 Å². The summed E-state index contributed by atoms with van der Waals surface area (Å²) >= 11 is 0. The summed E-state index contributed by atoms with van der Waals surface area (Å²) in [5.74, 6) is 0.190. The Labute approximate surface area is 172 Å². The van der Waals surface area contributed by atoms with Crippen molar-refractivity contribution in [3.05, 3.63) is 94.6 Å². The van der Waals surface area contributed by atoms with E-state index < -0.39 is 9.84 Å². The minimum Gasteiger partial charge on any atom is -0.482 e. The zero-order chi connectivity index (χ0) is 21.3. The molecule has 0 radical (unpaired) electrons. The summed E-state index contributed by atoms with van der Waals surface area (Å²) in [6, 6.07) is 12.1. The number of aromatic nitrogens is 1. The Hall–Kier alpha value is -3.39. The van der Waals surface area contributed by atoms with Gasteiger partial charge in [0.05, 0.1) is 11.4 Å². The van der Waals surface area contributed by atoms with Gasteiger partial charge in [-0.15, -0.1) is 0 Å². The molecule has 2 aromatic heterocycles. The lowest BCUT2D eigenvalue weighted by Gasteiger charge is -2.07. The van der Waals surface area contributed by atoms with Crippen molar-refractivity contribution in [3.63, 3.8) is 0 Å². The van der Waals surface area contributed by atoms with Gasteiger partial charge in [0.1, 0.15) is 24.4 Å². The van der Waals surface area contributed by atoms with E-state index in [0.29, 0.717) is 12.3 Å². The molecule has 0 spiro atoms. The molecule has 0 unspecified atom stereocenters. The van der Waals surface area contributed by atoms with Crippen LogP contribution in [0.4, 0.5) is 4.39 Å². The van der Waals surface area contributed by atoms with E-state index in [9.17, 15) is 17.6 Å². The minimum atomic E-state index is -3.26. The van der Waals surface area contributed by atoms with Crippen LogP contribution < -0.4 is 10.2 Å². The fourth-order valence-corrected chi connectivity index (χ4v) is 3.69. The molecule has 4 rings (SSSR count). The van der Waals surface area contributed by atoms with Gasteiger partial charge in [0.2, 0.25) is 11.2 Å². The summed E-state index contributed by atoms with van der Waals surface area (Å²) in [6.07, 6.45) is 6.02. The molecule has 0 bridgehead atoms. The van der Waals surface area contributed by atoms with Gasteiger partial charge in [0, 0.05) is 30.1 Å². The first kappa shape index (κ1) is 19.9. The van der Waals surface area contributed by atoms with Crippen LogP contribution in [-0.2, 0) is 23.0 Å². The van der Waals surface area contributed by atoms with Gasteiger partial charge in [-0.25, -0.2) is 12.8 Å². The number of sulfone groups is 1. The predicted octanol–water partition coefficient (Wildman–Crippen LogP) is 3.76. The van der Waals surface area contributed by atoms with E-state index in [2.05, 4.69) is 0 Å². The maximum absolute atomic E-state index is 13.3. The highest BCUT2D eigenvalue weighted by atomic mass is 32.2. The first-order valence-electron chi connectivity index (χ1n) is 9.06. The van der Waals surface area contributed by atoms with Crippen LogP contribution in [-0.4, -0.2) is 19.2 Å². The lowest BCUT2D eigenvalue weighted by molar-refractivity contribution is 0.289. The number of benzene rings is 2. The average molecular weight is 427 g/mol. The molecular weight excluding hydrogens is 409 g/mol. The third-order valence-electron chi connectivity index (χ3n) is 4.60. The van der Waals surface area contributed by atoms with Gasteiger partial charge in [-0.05, 0) is 41.3 Å². The van der Waals surface area contributed by atoms with Gasteiger partial charge < -0.3 is 13.7 Å². The van der Waals surface area contributed by atoms with Crippen LogP contribution in [0.15, 0.2) is 81.3 Å². The lowest BCUT2D eigenvalue weighted by Crippen LogP contribution is -2.09. The van der Waals surface area contributed by atoms with E-state index in [0.717, 1.165) is 22.6 Å². The largest absolute Gasteiger partial charge is 0.482 e. The third kappa shape index (κ3) is 4.44. The van der Waals surface area contributed by atoms with E-state index >= 15 is 0 Å². The molecule has 0 saturated carbocycles. The van der Waals surface area contributed by atoms with Crippen LogP contribution in [0.3, 0.4) is 0 Å². The molecule has 0 amide bonds. The monoisotopic (exact) mass is 427 g/mol. The molecule has 0 aliphatic carbocycles. The molecule has 0 fully saturated rings. The van der Waals surface area contributed by atoms with Crippen molar-refractivity contribution in [2.75, 3.05) is 6.26 Å². The van der Waals surface area contributed by atoms with E-state index in [1.54, 1.807) is 24.4 Å². The second kappa shape index (κ2) is 7.79. The molecule has 6 nitrogen and oxygen atoms in total. The van der Waals surface area contributed by atoms with Crippen molar-refractivity contribution in [2.24, 2.45) is 0 Å². The van der Waals surface area contributed by atoms with Gasteiger partial charge in [-0.1, -0.05) is 12.1 Å². The Morgan fingerprint density at radius 1 is 1.03 bits per heavy atom. The zero-order valence-electron chi connectivity index (χ0n) is 16.0. The third-order valence-corrected chi connectivity index (χ3v) is 5.72. The highest BCUT2D eigenvalue weighted by Crippen LogP contribution is 2.18. The SMILES string of the molecule is CS(=O)(=O)c1ccc(COc2coc(Cn3cc4ccc(F)cc4c3)cc2=O)cc1. The predicted molar refractivity (Wildman–Crippen MR) is 110 cm³/mol. The summed E-state index contributed by atoms with van der Waals surface area (Å²) in [5, 5.41) is 1.65. The first-order chi connectivity index (χ1) is 14.3. The summed E-state index contributed by atoms with van der Waals surface area (Å²) < 4.78 is 49.2. The maximum atomic E-state index is 13.3. The number of halogens is 1. The van der Waals surface area contributed by atoms with Crippen LogP contribution in [0.5, 0.6) is 5.75 Å². The second-order valence-corrected chi connectivity index (χ2v) is 9.00. The van der Waals surface area contributed by atoms with E-state index in [1.165, 1.54) is 36.6 Å². The Kier molecular flexibility index (Phi) is 5.17. The quantitative estimate of drug-likeness (QED) is 0.468. The van der Waals surface area contributed by atoms with Gasteiger partial charge in [0.25, 0.3) is 0 Å². The molecule has 154 valence electrons. The molecule has 8 heteroatoms. The van der Waals surface area contributed by atoms with Crippen molar-refractivity contribution in [3.8, 4) is 5.75 Å². The van der Waals surface area contributed by atoms with Crippen molar-refractivity contribution in [1.29, 1.82) is 0 Å². The minimum absolute atomic E-state index is 0.0608. The Morgan fingerprint density at radius 3 is 2.47 bits per heavy atom. The second-order valence-electron chi connectivity index (χ2n) is 6.98. The number of hydrogen-bond donors (Lipinski definition) is 0. The highest BCUT2D eigenvalue weighted by Gasteiger charge is 2.09. The summed E-state index contributed by atoms with van der Waals surface area (Å²) in [7, 11) is -3.26. The standard InChI is InChI=1S/C22H18FNO5S/c1-30(26,27)20-6-2-15(3-7-20)13-29-22-14-28-19(9-21(22)25)12-24-10-16-4-5-18(23)8-17(16)11-24/h2-11,14H,12-13H2,1H3. The summed E-state index contributed by atoms with van der Waals surface area (Å²) in [5.41, 5.74) is 0.393. The van der Waals surface area contributed by atoms with Crippen LogP contribution in [0.2, 0.25) is 0 Å². The van der Waals surface area contributed by atoms with Crippen molar-refractivity contribution >= 4 is 20.6 Å². The fourth-order valence-electron chi connectivity index (χ4n) is 3.06. The van der Waals surface area contributed by atoms with Gasteiger partial charge in [0.15, 0.2) is 9.84 Å². The van der Waals surface area contributed by atoms with Crippen LogP contribution in [0.25, 0.3) is 10.8 Å². The lowest BCUT2D eigenvalue weighted by atomic mass is 10.2. The number of ether oxygens (including phenoxy) is 1. The van der Waals surface area contributed by atoms with Crippen LogP contribution in [0.1, 0.15) is 11.3 Å². The molecular formula is C22H18FNO5S. The van der Waals surface area contributed by atoms with Gasteiger partial charge in [-0.2, -0.15) is 0 Å². The average Bonchev–Trinajstić information content (AvgIpc) is 3.08. The van der Waals surface area contributed by atoms with E-state index in [4.69, 9.17) is 9.15 Å². The fraction of sp³-hybridized carbons (Fsp3) is 0.136. The topological polar surface area (TPSA) is 78.5 Å². The van der Waals surface area contributed by atoms with Crippen LogP contribution >= 0.6 is 0 Å². The van der Waals surface area contributed by atoms with Crippen LogP contribution in [0, 0.1) is 5.82 Å². The zero-order valence-corrected chi connectivity index (χ0v) is 16.9. The Balaban J connectivity index is 1.44. The normalized spacial score (nSPS) is 11.7. The molecule has 2 heterocycles. The van der Waals surface area contributed by atoms with E-state index in [1.807, 2.05) is 10.8 Å². The molecule has 0 aliphatic heterocycles. The number of rotatable bonds is 6. The molecule has 2 aromatic carbocycles. The molecule has 0 atom stereocenters. The molecule has 4 aromatic rings. The molecule has 0 saturated heterocycles. The Morgan fingerprint density at radius 2 is 1.77 bits per heavy atom. The van der Waals surface area contributed by atoms with Crippen molar-refractivity contribution in [1.82, 2.24) is 4.57 Å².